The molecule has 8 nitrogen and oxygen atoms in total. The summed E-state index contributed by atoms with van der Waals surface area (Å²) in [5.41, 5.74) is 1.78. The van der Waals surface area contributed by atoms with Crippen molar-refractivity contribution in [3.05, 3.63) is 91.8 Å². The quantitative estimate of drug-likeness (QED) is 0.455. The largest absolute Gasteiger partial charge is 0.376 e. The summed E-state index contributed by atoms with van der Waals surface area (Å²) in [6.07, 6.45) is 3.09. The van der Waals surface area contributed by atoms with E-state index in [0.29, 0.717) is 34.9 Å². The van der Waals surface area contributed by atoms with Crippen LogP contribution in [0.4, 0.5) is 0 Å². The van der Waals surface area contributed by atoms with E-state index in [9.17, 15) is 9.59 Å². The van der Waals surface area contributed by atoms with Gasteiger partial charge in [0, 0.05) is 18.2 Å². The van der Waals surface area contributed by atoms with Gasteiger partial charge in [-0.3, -0.25) is 9.36 Å². The smallest absolute Gasteiger partial charge is 0.337 e. The number of halogens is 1. The molecule has 0 radical (unpaired) electrons. The molecule has 3 heterocycles. The molecule has 1 aliphatic heterocycles. The Bertz CT molecular complexity index is 1470. The number of hydrogen-bond donors (Lipinski definition) is 0. The molecule has 1 saturated heterocycles. The van der Waals surface area contributed by atoms with Gasteiger partial charge in [0.1, 0.15) is 0 Å². The van der Waals surface area contributed by atoms with Gasteiger partial charge < -0.3 is 9.30 Å². The van der Waals surface area contributed by atoms with Crippen LogP contribution in [-0.4, -0.2) is 31.4 Å². The molecular weight excluding hydrogens is 442 g/mol. The number of hydrogen-bond acceptors (Lipinski definition) is 5. The normalized spacial score (nSPS) is 15.7. The minimum Gasteiger partial charge on any atom is -0.376 e. The fraction of sp³-hybridized carbons (Fsp3) is 0.250. The minimum absolute atomic E-state index is 0.179. The predicted molar refractivity (Wildman–Crippen MR) is 124 cm³/mol. The van der Waals surface area contributed by atoms with Gasteiger partial charge in [0.15, 0.2) is 11.2 Å². The van der Waals surface area contributed by atoms with Crippen LogP contribution in [0.3, 0.4) is 0 Å². The lowest BCUT2D eigenvalue weighted by Crippen LogP contribution is -2.42. The molecule has 0 amide bonds. The summed E-state index contributed by atoms with van der Waals surface area (Å²) in [5, 5.41) is 9.58. The number of aromatic nitrogens is 4. The van der Waals surface area contributed by atoms with E-state index in [0.717, 1.165) is 18.4 Å². The molecule has 2 aromatic carbocycles. The maximum atomic E-state index is 13.5. The molecule has 0 aliphatic carbocycles. The average molecular weight is 462 g/mol. The Hall–Kier alpha value is -3.67. The molecule has 1 fully saturated rings. The zero-order valence-corrected chi connectivity index (χ0v) is 18.4. The van der Waals surface area contributed by atoms with Crippen LogP contribution >= 0.6 is 11.6 Å². The second-order valence-corrected chi connectivity index (χ2v) is 8.44. The van der Waals surface area contributed by atoms with Crippen molar-refractivity contribution in [2.24, 2.45) is 0 Å². The van der Waals surface area contributed by atoms with E-state index in [2.05, 4.69) is 11.1 Å². The van der Waals surface area contributed by atoms with Gasteiger partial charge in [0.2, 0.25) is 0 Å². The summed E-state index contributed by atoms with van der Waals surface area (Å²) in [6.45, 7) is 1.18. The highest BCUT2D eigenvalue weighted by Crippen LogP contribution is 2.18. The number of nitriles is 1. The summed E-state index contributed by atoms with van der Waals surface area (Å²) in [4.78, 5) is 31.4. The monoisotopic (exact) mass is 461 g/mol. The minimum atomic E-state index is -0.464. The standard InChI is InChI=1S/C24H20ClN5O3/c25-18-7-9-19(10-8-18)30-22-21(23(31)29(24(30)32)14-20-2-1-11-33-20)28(15-27-22)13-17-5-3-16(12-26)4-6-17/h3-10,15,20H,1-2,11,13-14H2. The Morgan fingerprint density at radius 3 is 2.55 bits per heavy atom. The van der Waals surface area contributed by atoms with Crippen molar-refractivity contribution >= 4 is 22.8 Å². The van der Waals surface area contributed by atoms with Gasteiger partial charge >= 0.3 is 5.69 Å². The van der Waals surface area contributed by atoms with Crippen LogP contribution in [0.15, 0.2) is 64.4 Å². The van der Waals surface area contributed by atoms with Gasteiger partial charge in [-0.05, 0) is 54.8 Å². The molecule has 1 atom stereocenters. The van der Waals surface area contributed by atoms with Crippen LogP contribution < -0.4 is 11.2 Å². The van der Waals surface area contributed by atoms with Crippen LogP contribution in [0.25, 0.3) is 16.9 Å². The molecule has 4 aromatic rings. The summed E-state index contributed by atoms with van der Waals surface area (Å²) in [7, 11) is 0. The molecule has 0 spiro atoms. The Morgan fingerprint density at radius 1 is 1.12 bits per heavy atom. The molecule has 5 rings (SSSR count). The first kappa shape index (κ1) is 21.2. The Kier molecular flexibility index (Phi) is 5.58. The van der Waals surface area contributed by atoms with E-state index in [-0.39, 0.29) is 18.3 Å². The van der Waals surface area contributed by atoms with E-state index in [1.54, 1.807) is 47.3 Å². The fourth-order valence-corrected chi connectivity index (χ4v) is 4.28. The summed E-state index contributed by atoms with van der Waals surface area (Å²) in [5.74, 6) is 0. The van der Waals surface area contributed by atoms with Gasteiger partial charge in [-0.2, -0.15) is 5.26 Å². The van der Waals surface area contributed by atoms with Crippen LogP contribution in [0.2, 0.25) is 5.02 Å². The van der Waals surface area contributed by atoms with Crippen molar-refractivity contribution in [3.8, 4) is 11.8 Å². The third kappa shape index (κ3) is 3.97. The lowest BCUT2D eigenvalue weighted by atomic mass is 10.1. The molecule has 0 bridgehead atoms. The first-order valence-electron chi connectivity index (χ1n) is 10.6. The summed E-state index contributed by atoms with van der Waals surface area (Å²) < 4.78 is 10.1. The predicted octanol–water partition coefficient (Wildman–Crippen LogP) is 3.10. The number of nitrogens with zero attached hydrogens (tertiary/aromatic N) is 5. The summed E-state index contributed by atoms with van der Waals surface area (Å²) >= 11 is 6.04. The zero-order valence-electron chi connectivity index (χ0n) is 17.6. The van der Waals surface area contributed by atoms with Crippen molar-refractivity contribution in [1.82, 2.24) is 18.7 Å². The summed E-state index contributed by atoms with van der Waals surface area (Å²) in [6, 6.07) is 16.1. The highest BCUT2D eigenvalue weighted by Gasteiger charge is 2.23. The second-order valence-electron chi connectivity index (χ2n) is 8.00. The lowest BCUT2D eigenvalue weighted by molar-refractivity contribution is 0.0950. The first-order chi connectivity index (χ1) is 16.0. The van der Waals surface area contributed by atoms with Crippen LogP contribution in [-0.2, 0) is 17.8 Å². The Balaban J connectivity index is 1.69. The maximum Gasteiger partial charge on any atom is 0.337 e. The second kappa shape index (κ2) is 8.70. The number of ether oxygens (including phenoxy) is 1. The topological polar surface area (TPSA) is 94.8 Å². The third-order valence-electron chi connectivity index (χ3n) is 5.83. The van der Waals surface area contributed by atoms with Crippen LogP contribution in [0, 0.1) is 11.3 Å². The molecule has 2 aromatic heterocycles. The van der Waals surface area contributed by atoms with Gasteiger partial charge in [-0.15, -0.1) is 0 Å². The SMILES string of the molecule is N#Cc1ccc(Cn2cnc3c2c(=O)n(CC2CCCO2)c(=O)n3-c2ccc(Cl)cc2)cc1. The highest BCUT2D eigenvalue weighted by molar-refractivity contribution is 6.30. The Labute approximate surface area is 193 Å². The molecule has 1 aliphatic rings. The van der Waals surface area contributed by atoms with E-state index in [4.69, 9.17) is 21.6 Å². The van der Waals surface area contributed by atoms with Crippen molar-refractivity contribution in [2.75, 3.05) is 6.61 Å². The average Bonchev–Trinajstić information content (AvgIpc) is 3.49. The van der Waals surface area contributed by atoms with E-state index in [1.165, 1.54) is 9.13 Å². The molecule has 33 heavy (non-hydrogen) atoms. The number of imidazole rings is 1. The highest BCUT2D eigenvalue weighted by atomic mass is 35.5. The van der Waals surface area contributed by atoms with Crippen molar-refractivity contribution in [2.45, 2.75) is 32.0 Å². The van der Waals surface area contributed by atoms with Gasteiger partial charge in [-0.25, -0.2) is 14.3 Å². The number of fused-ring (bicyclic) bond motifs is 1. The van der Waals surface area contributed by atoms with Crippen molar-refractivity contribution in [3.63, 3.8) is 0 Å². The number of rotatable bonds is 5. The van der Waals surface area contributed by atoms with E-state index >= 15 is 0 Å². The molecule has 9 heteroatoms. The number of benzene rings is 2. The van der Waals surface area contributed by atoms with Crippen LogP contribution in [0.5, 0.6) is 0 Å². The van der Waals surface area contributed by atoms with Gasteiger partial charge in [0.25, 0.3) is 5.56 Å². The lowest BCUT2D eigenvalue weighted by Gasteiger charge is -2.15. The van der Waals surface area contributed by atoms with E-state index < -0.39 is 11.2 Å². The van der Waals surface area contributed by atoms with Crippen molar-refractivity contribution < 1.29 is 4.74 Å². The van der Waals surface area contributed by atoms with Crippen molar-refractivity contribution in [1.29, 1.82) is 5.26 Å². The molecule has 0 saturated carbocycles. The van der Waals surface area contributed by atoms with Gasteiger partial charge in [0.05, 0.1) is 36.3 Å². The first-order valence-corrected chi connectivity index (χ1v) is 11.0. The molecule has 166 valence electrons. The van der Waals surface area contributed by atoms with E-state index in [1.807, 2.05) is 12.1 Å². The zero-order chi connectivity index (χ0) is 22.9. The molecule has 1 unspecified atom stereocenters. The van der Waals surface area contributed by atoms with Gasteiger partial charge in [-0.1, -0.05) is 23.7 Å². The Morgan fingerprint density at radius 2 is 1.88 bits per heavy atom. The molecule has 0 N–H and O–H groups in total. The third-order valence-corrected chi connectivity index (χ3v) is 6.08. The fourth-order valence-electron chi connectivity index (χ4n) is 4.16. The van der Waals surface area contributed by atoms with Crippen LogP contribution in [0.1, 0.15) is 24.0 Å². The molecular formula is C24H20ClN5O3. The maximum absolute atomic E-state index is 13.5.